The average molecular weight is 293 g/mol. The van der Waals surface area contributed by atoms with Crippen LogP contribution in [0.15, 0.2) is 6.20 Å². The maximum absolute atomic E-state index is 12.7. The molecule has 6 nitrogen and oxygen atoms in total. The van der Waals surface area contributed by atoms with Crippen molar-refractivity contribution in [3.63, 3.8) is 0 Å². The molecule has 1 fully saturated rings. The van der Waals surface area contributed by atoms with E-state index in [2.05, 4.69) is 5.10 Å². The van der Waals surface area contributed by atoms with Crippen LogP contribution in [0.3, 0.4) is 0 Å². The molecule has 0 radical (unpaired) electrons. The van der Waals surface area contributed by atoms with Crippen molar-refractivity contribution in [2.24, 2.45) is 5.92 Å². The van der Waals surface area contributed by atoms with E-state index in [9.17, 15) is 9.59 Å². The molecule has 0 saturated carbocycles. The fraction of sp³-hybridized carbons (Fsp3) is 0.667. The zero-order valence-corrected chi connectivity index (χ0v) is 12.9. The van der Waals surface area contributed by atoms with Crippen LogP contribution in [-0.2, 0) is 11.3 Å². The maximum Gasteiger partial charge on any atom is 0.308 e. The van der Waals surface area contributed by atoms with Crippen LogP contribution < -0.4 is 0 Å². The summed E-state index contributed by atoms with van der Waals surface area (Å²) in [5.41, 5.74) is 1.40. The molecule has 116 valence electrons. The quantitative estimate of drug-likeness (QED) is 0.920. The third-order valence-electron chi connectivity index (χ3n) is 3.95. The number of piperidine rings is 1. The first-order valence-electron chi connectivity index (χ1n) is 7.53. The van der Waals surface area contributed by atoms with Gasteiger partial charge in [-0.1, -0.05) is 13.8 Å². The standard InChI is InChI=1S/C15H23N3O3/c1-4-18-9-12(13(16-18)10(2)3)14(19)17-7-5-6-11(8-17)15(20)21/h9-11H,4-8H2,1-3H3,(H,20,21)/t11-/m0/s1. The maximum atomic E-state index is 12.7. The molecule has 1 atom stereocenters. The fourth-order valence-corrected chi connectivity index (χ4v) is 2.72. The molecule has 1 aliphatic rings. The third kappa shape index (κ3) is 3.25. The molecule has 2 rings (SSSR count). The van der Waals surface area contributed by atoms with Crippen LogP contribution in [0.25, 0.3) is 0 Å². The van der Waals surface area contributed by atoms with Crippen molar-refractivity contribution in [2.45, 2.75) is 46.1 Å². The molecule has 1 aromatic rings. The van der Waals surface area contributed by atoms with Gasteiger partial charge in [0.2, 0.25) is 0 Å². The number of nitrogens with zero attached hydrogens (tertiary/aromatic N) is 3. The van der Waals surface area contributed by atoms with E-state index >= 15 is 0 Å². The van der Waals surface area contributed by atoms with Gasteiger partial charge in [-0.15, -0.1) is 0 Å². The molecule has 0 spiro atoms. The van der Waals surface area contributed by atoms with Gasteiger partial charge >= 0.3 is 5.97 Å². The summed E-state index contributed by atoms with van der Waals surface area (Å²) in [6.45, 7) is 7.63. The van der Waals surface area contributed by atoms with Crippen molar-refractivity contribution in [3.8, 4) is 0 Å². The first-order chi connectivity index (χ1) is 9.93. The zero-order chi connectivity index (χ0) is 15.6. The molecule has 21 heavy (non-hydrogen) atoms. The van der Waals surface area contributed by atoms with Gasteiger partial charge in [-0.3, -0.25) is 14.3 Å². The molecule has 0 unspecified atom stereocenters. The van der Waals surface area contributed by atoms with E-state index in [-0.39, 0.29) is 11.8 Å². The molecule has 0 bridgehead atoms. The number of carboxylic acids is 1. The van der Waals surface area contributed by atoms with Gasteiger partial charge in [0.15, 0.2) is 0 Å². The number of hydrogen-bond acceptors (Lipinski definition) is 3. The first-order valence-corrected chi connectivity index (χ1v) is 7.53. The second-order valence-corrected chi connectivity index (χ2v) is 5.87. The number of carbonyl (C=O) groups excluding carboxylic acids is 1. The number of amides is 1. The van der Waals surface area contributed by atoms with Crippen LogP contribution in [0, 0.1) is 5.92 Å². The Morgan fingerprint density at radius 2 is 2.19 bits per heavy atom. The van der Waals surface area contributed by atoms with Crippen molar-refractivity contribution in [1.29, 1.82) is 0 Å². The summed E-state index contributed by atoms with van der Waals surface area (Å²) in [7, 11) is 0. The number of aliphatic carboxylic acids is 1. The van der Waals surface area contributed by atoms with E-state index < -0.39 is 11.9 Å². The van der Waals surface area contributed by atoms with Gasteiger partial charge in [-0.05, 0) is 25.7 Å². The second kappa shape index (κ2) is 6.28. The van der Waals surface area contributed by atoms with Gasteiger partial charge < -0.3 is 10.0 Å². The number of aromatic nitrogens is 2. The molecular formula is C15H23N3O3. The van der Waals surface area contributed by atoms with Crippen LogP contribution in [0.2, 0.25) is 0 Å². The normalized spacial score (nSPS) is 19.0. The summed E-state index contributed by atoms with van der Waals surface area (Å²) in [5, 5.41) is 13.6. The summed E-state index contributed by atoms with van der Waals surface area (Å²) in [6, 6.07) is 0. The summed E-state index contributed by atoms with van der Waals surface area (Å²) in [6.07, 6.45) is 3.16. The minimum absolute atomic E-state index is 0.0932. The molecule has 1 aliphatic heterocycles. The lowest BCUT2D eigenvalue weighted by Gasteiger charge is -2.30. The van der Waals surface area contributed by atoms with Crippen LogP contribution in [0.5, 0.6) is 0 Å². The Kier molecular flexibility index (Phi) is 4.65. The summed E-state index contributed by atoms with van der Waals surface area (Å²) >= 11 is 0. The minimum atomic E-state index is -0.819. The molecular weight excluding hydrogens is 270 g/mol. The van der Waals surface area contributed by atoms with Gasteiger partial charge in [0, 0.05) is 25.8 Å². The molecule has 1 saturated heterocycles. The number of aryl methyl sites for hydroxylation is 1. The van der Waals surface area contributed by atoms with E-state index in [0.717, 1.165) is 12.1 Å². The number of hydrogen-bond donors (Lipinski definition) is 1. The van der Waals surface area contributed by atoms with Crippen molar-refractivity contribution in [2.75, 3.05) is 13.1 Å². The van der Waals surface area contributed by atoms with Crippen molar-refractivity contribution < 1.29 is 14.7 Å². The van der Waals surface area contributed by atoms with Gasteiger partial charge in [-0.2, -0.15) is 5.10 Å². The highest BCUT2D eigenvalue weighted by molar-refractivity contribution is 5.95. The van der Waals surface area contributed by atoms with Crippen LogP contribution in [0.4, 0.5) is 0 Å². The molecule has 1 amide bonds. The van der Waals surface area contributed by atoms with Crippen molar-refractivity contribution >= 4 is 11.9 Å². The predicted molar refractivity (Wildman–Crippen MR) is 78.3 cm³/mol. The highest BCUT2D eigenvalue weighted by Gasteiger charge is 2.30. The number of rotatable bonds is 4. The highest BCUT2D eigenvalue weighted by Crippen LogP contribution is 2.23. The predicted octanol–water partition coefficient (Wildman–Crippen LogP) is 1.96. The molecule has 6 heteroatoms. The molecule has 0 aromatic carbocycles. The topological polar surface area (TPSA) is 75.4 Å². The van der Waals surface area contributed by atoms with Crippen LogP contribution >= 0.6 is 0 Å². The van der Waals surface area contributed by atoms with E-state index in [1.807, 2.05) is 20.8 Å². The average Bonchev–Trinajstić information content (AvgIpc) is 2.91. The van der Waals surface area contributed by atoms with Crippen LogP contribution in [-0.4, -0.2) is 44.8 Å². The van der Waals surface area contributed by atoms with E-state index in [0.29, 0.717) is 31.6 Å². The lowest BCUT2D eigenvalue weighted by molar-refractivity contribution is -0.143. The Labute approximate surface area is 124 Å². The second-order valence-electron chi connectivity index (χ2n) is 5.87. The monoisotopic (exact) mass is 293 g/mol. The molecule has 1 N–H and O–H groups in total. The first kappa shape index (κ1) is 15.5. The van der Waals surface area contributed by atoms with Crippen molar-refractivity contribution in [1.82, 2.24) is 14.7 Å². The largest absolute Gasteiger partial charge is 0.481 e. The summed E-state index contributed by atoms with van der Waals surface area (Å²) in [5.74, 6) is -1.20. The van der Waals surface area contributed by atoms with E-state index in [1.54, 1.807) is 15.8 Å². The summed E-state index contributed by atoms with van der Waals surface area (Å²) < 4.78 is 1.77. The van der Waals surface area contributed by atoms with Crippen molar-refractivity contribution in [3.05, 3.63) is 17.5 Å². The van der Waals surface area contributed by atoms with Gasteiger partial charge in [0.25, 0.3) is 5.91 Å². The Balaban J connectivity index is 2.23. The van der Waals surface area contributed by atoms with Gasteiger partial charge in [-0.25, -0.2) is 0 Å². The van der Waals surface area contributed by atoms with E-state index in [4.69, 9.17) is 5.11 Å². The minimum Gasteiger partial charge on any atom is -0.481 e. The summed E-state index contributed by atoms with van der Waals surface area (Å²) in [4.78, 5) is 25.5. The lowest BCUT2D eigenvalue weighted by atomic mass is 9.97. The van der Waals surface area contributed by atoms with Crippen LogP contribution in [0.1, 0.15) is 55.6 Å². The Morgan fingerprint density at radius 1 is 1.48 bits per heavy atom. The molecule has 0 aliphatic carbocycles. The fourth-order valence-electron chi connectivity index (χ4n) is 2.72. The Morgan fingerprint density at radius 3 is 2.76 bits per heavy atom. The lowest BCUT2D eigenvalue weighted by Crippen LogP contribution is -2.42. The third-order valence-corrected chi connectivity index (χ3v) is 3.95. The zero-order valence-electron chi connectivity index (χ0n) is 12.9. The molecule has 1 aromatic heterocycles. The van der Waals surface area contributed by atoms with E-state index in [1.165, 1.54) is 0 Å². The van der Waals surface area contributed by atoms with Gasteiger partial charge in [0.05, 0.1) is 17.2 Å². The SMILES string of the molecule is CCn1cc(C(=O)N2CCC[C@H](C(=O)O)C2)c(C(C)C)n1. The number of carboxylic acid groups (broad SMARTS) is 1. The Hall–Kier alpha value is -1.85. The highest BCUT2D eigenvalue weighted by atomic mass is 16.4. The molecule has 2 heterocycles. The Bertz CT molecular complexity index is 536. The number of likely N-dealkylation sites (tertiary alicyclic amines) is 1. The van der Waals surface area contributed by atoms with Gasteiger partial charge in [0.1, 0.15) is 0 Å². The smallest absolute Gasteiger partial charge is 0.308 e. The number of carbonyl (C=O) groups is 2.